The SMILES string of the molecule is CCOC(=O)c1ccccc1C(C(N)=O)c1cn(O)c2ccccc12. The molecule has 1 aromatic heterocycles. The van der Waals surface area contributed by atoms with Crippen LogP contribution in [0.15, 0.2) is 54.7 Å². The van der Waals surface area contributed by atoms with Crippen LogP contribution < -0.4 is 5.73 Å². The fourth-order valence-corrected chi connectivity index (χ4v) is 3.04. The molecule has 0 bridgehead atoms. The zero-order chi connectivity index (χ0) is 18.0. The van der Waals surface area contributed by atoms with Crippen molar-refractivity contribution in [3.8, 4) is 0 Å². The van der Waals surface area contributed by atoms with Gasteiger partial charge < -0.3 is 15.7 Å². The summed E-state index contributed by atoms with van der Waals surface area (Å²) in [5, 5.41) is 10.8. The van der Waals surface area contributed by atoms with Gasteiger partial charge in [0.1, 0.15) is 0 Å². The third kappa shape index (κ3) is 2.94. The minimum Gasteiger partial charge on any atom is -0.462 e. The number of carbonyl (C=O) groups is 2. The molecular formula is C19H18N2O4. The standard InChI is InChI=1S/C19H18N2O4/c1-2-25-19(23)14-9-4-3-8-13(14)17(18(20)22)15-11-21(24)16-10-6-5-7-12(15)16/h3-11,17,24H,2H2,1H3,(H2,20,22). The second-order valence-electron chi connectivity index (χ2n) is 5.59. The number of nitrogens with zero attached hydrogens (tertiary/aromatic N) is 1. The van der Waals surface area contributed by atoms with Crippen molar-refractivity contribution in [3.63, 3.8) is 0 Å². The quantitative estimate of drug-likeness (QED) is 0.552. The van der Waals surface area contributed by atoms with Crippen LogP contribution in [0.1, 0.15) is 34.3 Å². The minimum absolute atomic E-state index is 0.227. The van der Waals surface area contributed by atoms with Crippen molar-refractivity contribution in [3.05, 3.63) is 71.4 Å². The monoisotopic (exact) mass is 338 g/mol. The second-order valence-corrected chi connectivity index (χ2v) is 5.59. The molecule has 0 fully saturated rings. The summed E-state index contributed by atoms with van der Waals surface area (Å²) in [5.74, 6) is -2.02. The molecule has 1 amide bonds. The Hall–Kier alpha value is -3.28. The summed E-state index contributed by atoms with van der Waals surface area (Å²) < 4.78 is 6.03. The van der Waals surface area contributed by atoms with E-state index in [1.165, 1.54) is 6.20 Å². The molecule has 0 spiro atoms. The van der Waals surface area contributed by atoms with E-state index < -0.39 is 17.8 Å². The molecule has 3 rings (SSSR count). The number of hydrogen-bond acceptors (Lipinski definition) is 4. The molecule has 2 aromatic carbocycles. The van der Waals surface area contributed by atoms with Crippen molar-refractivity contribution in [1.29, 1.82) is 0 Å². The Balaban J connectivity index is 2.21. The van der Waals surface area contributed by atoms with E-state index in [-0.39, 0.29) is 12.2 Å². The highest BCUT2D eigenvalue weighted by molar-refractivity contribution is 5.98. The van der Waals surface area contributed by atoms with Crippen LogP contribution >= 0.6 is 0 Å². The van der Waals surface area contributed by atoms with E-state index >= 15 is 0 Å². The first kappa shape index (κ1) is 16.6. The number of rotatable bonds is 5. The van der Waals surface area contributed by atoms with Gasteiger partial charge in [-0.2, -0.15) is 4.73 Å². The molecule has 0 aliphatic heterocycles. The molecule has 3 N–H and O–H groups in total. The van der Waals surface area contributed by atoms with Crippen molar-refractivity contribution in [1.82, 2.24) is 4.73 Å². The molecule has 6 nitrogen and oxygen atoms in total. The van der Waals surface area contributed by atoms with Gasteiger partial charge in [-0.3, -0.25) is 4.79 Å². The van der Waals surface area contributed by atoms with Gasteiger partial charge >= 0.3 is 5.97 Å². The lowest BCUT2D eigenvalue weighted by molar-refractivity contribution is -0.118. The van der Waals surface area contributed by atoms with Crippen molar-refractivity contribution in [2.75, 3.05) is 6.61 Å². The van der Waals surface area contributed by atoms with E-state index in [2.05, 4.69) is 0 Å². The summed E-state index contributed by atoms with van der Waals surface area (Å²) >= 11 is 0. The predicted octanol–water partition coefficient (Wildman–Crippen LogP) is 2.67. The molecule has 3 aromatic rings. The Morgan fingerprint density at radius 3 is 2.52 bits per heavy atom. The Labute approximate surface area is 144 Å². The molecule has 0 saturated carbocycles. The lowest BCUT2D eigenvalue weighted by Crippen LogP contribution is -2.24. The molecule has 0 aliphatic rings. The number of hydrogen-bond donors (Lipinski definition) is 2. The average molecular weight is 338 g/mol. The Bertz CT molecular complexity index is 946. The first-order valence-corrected chi connectivity index (χ1v) is 7.89. The Morgan fingerprint density at radius 2 is 1.80 bits per heavy atom. The van der Waals surface area contributed by atoms with E-state index in [4.69, 9.17) is 10.5 Å². The van der Waals surface area contributed by atoms with Gasteiger partial charge in [-0.1, -0.05) is 36.4 Å². The van der Waals surface area contributed by atoms with Crippen LogP contribution in [0.2, 0.25) is 0 Å². The highest BCUT2D eigenvalue weighted by atomic mass is 16.5. The number of amides is 1. The maximum Gasteiger partial charge on any atom is 0.338 e. The molecule has 1 unspecified atom stereocenters. The van der Waals surface area contributed by atoms with Gasteiger partial charge in [0.05, 0.1) is 23.6 Å². The van der Waals surface area contributed by atoms with Crippen LogP contribution in [-0.4, -0.2) is 28.4 Å². The lowest BCUT2D eigenvalue weighted by atomic mass is 9.87. The van der Waals surface area contributed by atoms with E-state index in [0.717, 1.165) is 4.73 Å². The molecule has 0 saturated heterocycles. The van der Waals surface area contributed by atoms with E-state index in [0.29, 0.717) is 22.0 Å². The fourth-order valence-electron chi connectivity index (χ4n) is 3.04. The maximum absolute atomic E-state index is 12.3. The molecular weight excluding hydrogens is 320 g/mol. The normalized spacial score (nSPS) is 12.0. The Kier molecular flexibility index (Phi) is 4.43. The van der Waals surface area contributed by atoms with E-state index in [1.54, 1.807) is 55.5 Å². The number of carbonyl (C=O) groups excluding carboxylic acids is 2. The number of fused-ring (bicyclic) bond motifs is 1. The van der Waals surface area contributed by atoms with Gasteiger partial charge in [0.15, 0.2) is 0 Å². The number of esters is 1. The molecule has 0 radical (unpaired) electrons. The molecule has 128 valence electrons. The van der Waals surface area contributed by atoms with E-state index in [1.807, 2.05) is 0 Å². The number of aromatic nitrogens is 1. The zero-order valence-electron chi connectivity index (χ0n) is 13.7. The van der Waals surface area contributed by atoms with Crippen LogP contribution in [0.3, 0.4) is 0 Å². The minimum atomic E-state index is -0.890. The summed E-state index contributed by atoms with van der Waals surface area (Å²) in [6.45, 7) is 1.94. The fraction of sp³-hybridized carbons (Fsp3) is 0.158. The van der Waals surface area contributed by atoms with Gasteiger partial charge in [0, 0.05) is 11.6 Å². The van der Waals surface area contributed by atoms with Crippen LogP contribution in [-0.2, 0) is 9.53 Å². The lowest BCUT2D eigenvalue weighted by Gasteiger charge is -2.16. The van der Waals surface area contributed by atoms with Crippen molar-refractivity contribution < 1.29 is 19.5 Å². The summed E-state index contributed by atoms with van der Waals surface area (Å²) in [4.78, 5) is 24.5. The van der Waals surface area contributed by atoms with Gasteiger partial charge in [0.25, 0.3) is 0 Å². The summed E-state index contributed by atoms with van der Waals surface area (Å²) in [6.07, 6.45) is 1.45. The number of benzene rings is 2. The largest absolute Gasteiger partial charge is 0.462 e. The van der Waals surface area contributed by atoms with Crippen molar-refractivity contribution in [2.24, 2.45) is 5.73 Å². The predicted molar refractivity (Wildman–Crippen MR) is 92.6 cm³/mol. The van der Waals surface area contributed by atoms with Gasteiger partial charge in [-0.15, -0.1) is 0 Å². The Morgan fingerprint density at radius 1 is 1.12 bits per heavy atom. The zero-order valence-corrected chi connectivity index (χ0v) is 13.7. The molecule has 1 atom stereocenters. The smallest absolute Gasteiger partial charge is 0.338 e. The van der Waals surface area contributed by atoms with Crippen LogP contribution in [0.5, 0.6) is 0 Å². The number of ether oxygens (including phenoxy) is 1. The second kappa shape index (κ2) is 6.68. The summed E-state index contributed by atoms with van der Waals surface area (Å²) in [5.41, 5.74) is 7.47. The average Bonchev–Trinajstić information content (AvgIpc) is 2.93. The highest BCUT2D eigenvalue weighted by Crippen LogP contribution is 2.33. The highest BCUT2D eigenvalue weighted by Gasteiger charge is 2.28. The summed E-state index contributed by atoms with van der Waals surface area (Å²) in [7, 11) is 0. The topological polar surface area (TPSA) is 94.5 Å². The van der Waals surface area contributed by atoms with Crippen LogP contribution in [0.25, 0.3) is 10.9 Å². The summed E-state index contributed by atoms with van der Waals surface area (Å²) in [6, 6.07) is 13.8. The van der Waals surface area contributed by atoms with Gasteiger partial charge in [-0.05, 0) is 30.2 Å². The van der Waals surface area contributed by atoms with Crippen LogP contribution in [0.4, 0.5) is 0 Å². The number of para-hydroxylation sites is 1. The van der Waals surface area contributed by atoms with Crippen molar-refractivity contribution >= 4 is 22.8 Å². The molecule has 25 heavy (non-hydrogen) atoms. The van der Waals surface area contributed by atoms with Crippen molar-refractivity contribution in [2.45, 2.75) is 12.8 Å². The van der Waals surface area contributed by atoms with E-state index in [9.17, 15) is 14.8 Å². The van der Waals surface area contributed by atoms with Crippen LogP contribution in [0, 0.1) is 0 Å². The third-order valence-electron chi connectivity index (χ3n) is 4.09. The number of primary amides is 1. The number of nitrogens with two attached hydrogens (primary N) is 1. The van der Waals surface area contributed by atoms with Gasteiger partial charge in [-0.25, -0.2) is 4.79 Å². The molecule has 1 heterocycles. The maximum atomic E-state index is 12.3. The van der Waals surface area contributed by atoms with Gasteiger partial charge in [0.2, 0.25) is 5.91 Å². The first-order valence-electron chi connectivity index (χ1n) is 7.89. The first-order chi connectivity index (χ1) is 12.0. The molecule has 0 aliphatic carbocycles. The molecule has 6 heteroatoms. The third-order valence-corrected chi connectivity index (χ3v) is 4.09.